The first-order chi connectivity index (χ1) is 16.1. The lowest BCUT2D eigenvalue weighted by molar-refractivity contribution is -0.0264. The van der Waals surface area contributed by atoms with Crippen molar-refractivity contribution in [2.75, 3.05) is 33.2 Å². The first-order valence-electron chi connectivity index (χ1n) is 11.6. The van der Waals surface area contributed by atoms with Crippen LogP contribution in [0.25, 0.3) is 16.6 Å². The van der Waals surface area contributed by atoms with E-state index in [1.165, 1.54) is 10.5 Å². The van der Waals surface area contributed by atoms with Crippen LogP contribution >= 0.6 is 0 Å². The van der Waals surface area contributed by atoms with Crippen LogP contribution in [0.1, 0.15) is 42.3 Å². The third-order valence-corrected chi connectivity index (χ3v) is 6.69. The molecule has 0 bridgehead atoms. The molecule has 5 rings (SSSR count). The molecule has 1 fully saturated rings. The number of nitrogens with zero attached hydrogens (tertiary/aromatic N) is 3. The Morgan fingerprint density at radius 2 is 1.97 bits per heavy atom. The van der Waals surface area contributed by atoms with Gasteiger partial charge in [-0.05, 0) is 61.2 Å². The van der Waals surface area contributed by atoms with Crippen molar-refractivity contribution in [3.63, 3.8) is 0 Å². The molecule has 172 valence electrons. The minimum absolute atomic E-state index is 0.182. The van der Waals surface area contributed by atoms with E-state index in [0.717, 1.165) is 53.9 Å². The summed E-state index contributed by atoms with van der Waals surface area (Å²) in [6, 6.07) is 16.5. The van der Waals surface area contributed by atoms with Crippen LogP contribution in [0.2, 0.25) is 0 Å². The molecule has 2 aromatic carbocycles. The van der Waals surface area contributed by atoms with Gasteiger partial charge in [-0.15, -0.1) is 0 Å². The standard InChI is InChI=1S/C26H30N4O3/c1-29-13-11-21(12-14-29)33-24(25-27-22-7-2-3-8-23(22)28-25)20-6-4-5-19(17-20)18-9-15-30(16-10-18)26(31)32/h2-9,17,21,24H,10-16H2,1H3,(H,27,28)(H,31,32). The van der Waals surface area contributed by atoms with Gasteiger partial charge in [0, 0.05) is 26.2 Å². The molecule has 0 spiro atoms. The fourth-order valence-electron chi connectivity index (χ4n) is 4.72. The van der Waals surface area contributed by atoms with Crippen LogP contribution < -0.4 is 0 Å². The van der Waals surface area contributed by atoms with Crippen LogP contribution in [0.4, 0.5) is 4.79 Å². The molecule has 2 aliphatic heterocycles. The molecule has 0 radical (unpaired) electrons. The number of nitrogens with one attached hydrogen (secondary N) is 1. The van der Waals surface area contributed by atoms with Crippen molar-refractivity contribution in [3.05, 3.63) is 71.6 Å². The topological polar surface area (TPSA) is 81.7 Å². The van der Waals surface area contributed by atoms with E-state index < -0.39 is 6.09 Å². The summed E-state index contributed by atoms with van der Waals surface area (Å²) in [7, 11) is 2.15. The molecule has 1 unspecified atom stereocenters. The van der Waals surface area contributed by atoms with E-state index in [1.807, 2.05) is 30.3 Å². The van der Waals surface area contributed by atoms with Gasteiger partial charge in [0.1, 0.15) is 11.9 Å². The molecule has 1 atom stereocenters. The molecule has 1 saturated heterocycles. The van der Waals surface area contributed by atoms with Crippen molar-refractivity contribution in [3.8, 4) is 0 Å². The van der Waals surface area contributed by atoms with Crippen molar-refractivity contribution in [1.82, 2.24) is 19.8 Å². The highest BCUT2D eigenvalue weighted by Gasteiger charge is 2.26. The Bertz CT molecular complexity index is 1130. The largest absolute Gasteiger partial charge is 0.465 e. The maximum Gasteiger partial charge on any atom is 0.407 e. The number of hydrogen-bond acceptors (Lipinski definition) is 4. The highest BCUT2D eigenvalue weighted by molar-refractivity contribution is 5.75. The van der Waals surface area contributed by atoms with Crippen molar-refractivity contribution in [2.24, 2.45) is 0 Å². The van der Waals surface area contributed by atoms with Crippen LogP contribution in [-0.2, 0) is 4.74 Å². The maximum absolute atomic E-state index is 11.2. The number of H-pyrrole nitrogens is 1. The molecule has 2 aliphatic rings. The van der Waals surface area contributed by atoms with E-state index in [1.54, 1.807) is 0 Å². The summed E-state index contributed by atoms with van der Waals surface area (Å²) >= 11 is 0. The van der Waals surface area contributed by atoms with Crippen molar-refractivity contribution in [1.29, 1.82) is 0 Å². The average Bonchev–Trinajstić information content (AvgIpc) is 3.28. The number of aromatic nitrogens is 2. The van der Waals surface area contributed by atoms with E-state index in [2.05, 4.69) is 41.2 Å². The third-order valence-electron chi connectivity index (χ3n) is 6.69. The highest BCUT2D eigenvalue weighted by Crippen LogP contribution is 2.32. The first kappa shape index (κ1) is 21.7. The van der Waals surface area contributed by atoms with E-state index in [0.29, 0.717) is 19.5 Å². The number of fused-ring (bicyclic) bond motifs is 1. The van der Waals surface area contributed by atoms with E-state index in [-0.39, 0.29) is 12.2 Å². The molecule has 33 heavy (non-hydrogen) atoms. The Kier molecular flexibility index (Phi) is 6.15. The summed E-state index contributed by atoms with van der Waals surface area (Å²) < 4.78 is 6.71. The maximum atomic E-state index is 11.2. The normalized spacial score (nSPS) is 18.9. The summed E-state index contributed by atoms with van der Waals surface area (Å²) in [5, 5.41) is 9.24. The Labute approximate surface area is 193 Å². The quantitative estimate of drug-likeness (QED) is 0.602. The van der Waals surface area contributed by atoms with Crippen molar-refractivity contribution in [2.45, 2.75) is 31.5 Å². The SMILES string of the molecule is CN1CCC(OC(c2cccc(C3=CCN(C(=O)O)CC3)c2)c2nc3ccccc3[nH]2)CC1. The number of para-hydroxylation sites is 2. The molecule has 7 nitrogen and oxygen atoms in total. The van der Waals surface area contributed by atoms with Crippen LogP contribution in [0.3, 0.4) is 0 Å². The van der Waals surface area contributed by atoms with Gasteiger partial charge in [0.15, 0.2) is 0 Å². The number of carbonyl (C=O) groups is 1. The summed E-state index contributed by atoms with van der Waals surface area (Å²) in [4.78, 5) is 23.4. The molecule has 0 aliphatic carbocycles. The lowest BCUT2D eigenvalue weighted by Crippen LogP contribution is -2.35. The average molecular weight is 447 g/mol. The third kappa shape index (κ3) is 4.79. The van der Waals surface area contributed by atoms with E-state index in [9.17, 15) is 9.90 Å². The lowest BCUT2D eigenvalue weighted by Gasteiger charge is -2.31. The summed E-state index contributed by atoms with van der Waals surface area (Å²) in [6.45, 7) is 3.01. The van der Waals surface area contributed by atoms with Gasteiger partial charge >= 0.3 is 6.09 Å². The predicted octanol–water partition coefficient (Wildman–Crippen LogP) is 4.53. The smallest absolute Gasteiger partial charge is 0.407 e. The molecular weight excluding hydrogens is 416 g/mol. The van der Waals surface area contributed by atoms with Gasteiger partial charge in [-0.2, -0.15) is 0 Å². The number of ether oxygens (including phenoxy) is 1. The number of piperidine rings is 1. The number of hydrogen-bond donors (Lipinski definition) is 2. The van der Waals surface area contributed by atoms with E-state index >= 15 is 0 Å². The number of imidazole rings is 1. The number of amides is 1. The lowest BCUT2D eigenvalue weighted by atomic mass is 9.96. The number of rotatable bonds is 5. The van der Waals surface area contributed by atoms with E-state index in [4.69, 9.17) is 9.72 Å². The summed E-state index contributed by atoms with van der Waals surface area (Å²) in [6.07, 6.45) is 3.76. The molecule has 3 aromatic rings. The minimum atomic E-state index is -0.865. The second kappa shape index (κ2) is 9.37. The van der Waals surface area contributed by atoms with Crippen LogP contribution in [0.15, 0.2) is 54.6 Å². The molecule has 1 aromatic heterocycles. The zero-order valence-corrected chi connectivity index (χ0v) is 18.9. The van der Waals surface area contributed by atoms with Gasteiger partial charge in [0.25, 0.3) is 0 Å². The number of aromatic amines is 1. The molecule has 2 N–H and O–H groups in total. The Hall–Kier alpha value is -3.16. The number of carboxylic acid groups (broad SMARTS) is 1. The minimum Gasteiger partial charge on any atom is -0.465 e. The fourth-order valence-corrected chi connectivity index (χ4v) is 4.72. The Balaban J connectivity index is 1.46. The summed E-state index contributed by atoms with van der Waals surface area (Å²) in [5.41, 5.74) is 5.29. The highest BCUT2D eigenvalue weighted by atomic mass is 16.5. The first-order valence-corrected chi connectivity index (χ1v) is 11.6. The molecule has 3 heterocycles. The monoisotopic (exact) mass is 446 g/mol. The van der Waals surface area contributed by atoms with Gasteiger partial charge in [-0.25, -0.2) is 9.78 Å². The van der Waals surface area contributed by atoms with Gasteiger partial charge in [0.2, 0.25) is 0 Å². The molecule has 1 amide bonds. The van der Waals surface area contributed by atoms with Crippen LogP contribution in [0, 0.1) is 0 Å². The zero-order valence-electron chi connectivity index (χ0n) is 18.9. The van der Waals surface area contributed by atoms with Crippen molar-refractivity contribution >= 4 is 22.7 Å². The predicted molar refractivity (Wildman–Crippen MR) is 128 cm³/mol. The Morgan fingerprint density at radius 1 is 1.15 bits per heavy atom. The fraction of sp³-hybridized carbons (Fsp3) is 0.385. The second-order valence-electron chi connectivity index (χ2n) is 8.99. The number of benzene rings is 2. The van der Waals surface area contributed by atoms with Gasteiger partial charge < -0.3 is 24.6 Å². The van der Waals surface area contributed by atoms with Crippen LogP contribution in [0.5, 0.6) is 0 Å². The molecular formula is C26H30N4O3. The van der Waals surface area contributed by atoms with Crippen LogP contribution in [-0.4, -0.2) is 70.3 Å². The van der Waals surface area contributed by atoms with Gasteiger partial charge in [0.05, 0.1) is 17.1 Å². The second-order valence-corrected chi connectivity index (χ2v) is 8.99. The zero-order chi connectivity index (χ0) is 22.8. The number of likely N-dealkylation sites (tertiary alicyclic amines) is 1. The summed E-state index contributed by atoms with van der Waals surface area (Å²) in [5.74, 6) is 0.821. The van der Waals surface area contributed by atoms with Gasteiger partial charge in [-0.1, -0.05) is 36.4 Å². The van der Waals surface area contributed by atoms with Gasteiger partial charge in [-0.3, -0.25) is 0 Å². The molecule has 7 heteroatoms. The molecule has 0 saturated carbocycles. The van der Waals surface area contributed by atoms with Crippen molar-refractivity contribution < 1.29 is 14.6 Å². The Morgan fingerprint density at radius 3 is 2.70 bits per heavy atom.